The number of carbonyl (C=O) groups is 1. The molecular weight excluding hydrogens is 320 g/mol. The molecule has 4 nitrogen and oxygen atoms in total. The molecule has 1 saturated carbocycles. The van der Waals surface area contributed by atoms with Crippen LogP contribution in [0.1, 0.15) is 18.4 Å². The van der Waals surface area contributed by atoms with Crippen molar-refractivity contribution in [2.75, 3.05) is 12.4 Å². The zero-order chi connectivity index (χ0) is 15.5. The summed E-state index contributed by atoms with van der Waals surface area (Å²) in [7, 11) is 1.57. The van der Waals surface area contributed by atoms with Crippen molar-refractivity contribution in [3.8, 4) is 5.75 Å². The molecule has 1 heterocycles. The predicted molar refractivity (Wildman–Crippen MR) is 89.9 cm³/mol. The first-order valence-corrected chi connectivity index (χ1v) is 8.41. The van der Waals surface area contributed by atoms with Crippen molar-refractivity contribution >= 4 is 34.7 Å². The largest absolute Gasteiger partial charge is 0.495 e. The lowest BCUT2D eigenvalue weighted by molar-refractivity contribution is 0.206. The second-order valence-electron chi connectivity index (χ2n) is 5.27. The van der Waals surface area contributed by atoms with Crippen LogP contribution in [-0.2, 0) is 6.54 Å². The summed E-state index contributed by atoms with van der Waals surface area (Å²) in [5.74, 6) is 0.601. The lowest BCUT2D eigenvalue weighted by Crippen LogP contribution is -2.36. The molecule has 2 amide bonds. The van der Waals surface area contributed by atoms with Gasteiger partial charge in [0.05, 0.1) is 12.8 Å². The van der Waals surface area contributed by atoms with Crippen LogP contribution in [0.5, 0.6) is 5.75 Å². The number of hydrogen-bond donors (Lipinski definition) is 1. The van der Waals surface area contributed by atoms with Crippen molar-refractivity contribution in [2.45, 2.75) is 25.4 Å². The molecule has 2 aromatic rings. The van der Waals surface area contributed by atoms with E-state index in [-0.39, 0.29) is 6.03 Å². The summed E-state index contributed by atoms with van der Waals surface area (Å²) in [6.07, 6.45) is 2.12. The van der Waals surface area contributed by atoms with Gasteiger partial charge in [0.1, 0.15) is 5.75 Å². The van der Waals surface area contributed by atoms with Gasteiger partial charge in [0, 0.05) is 17.6 Å². The Kier molecular flexibility index (Phi) is 4.55. The number of halogens is 1. The molecular formula is C16H17ClN2O2S. The molecule has 116 valence electrons. The van der Waals surface area contributed by atoms with Gasteiger partial charge < -0.3 is 15.0 Å². The molecule has 0 radical (unpaired) electrons. The van der Waals surface area contributed by atoms with Crippen LogP contribution in [0, 0.1) is 0 Å². The van der Waals surface area contributed by atoms with E-state index in [0.29, 0.717) is 29.0 Å². The maximum Gasteiger partial charge on any atom is 0.322 e. The van der Waals surface area contributed by atoms with E-state index in [9.17, 15) is 4.79 Å². The number of amides is 2. The highest BCUT2D eigenvalue weighted by atomic mass is 35.5. The van der Waals surface area contributed by atoms with Crippen LogP contribution in [0.25, 0.3) is 0 Å². The molecule has 1 aliphatic carbocycles. The van der Waals surface area contributed by atoms with Crippen molar-refractivity contribution < 1.29 is 9.53 Å². The highest BCUT2D eigenvalue weighted by Crippen LogP contribution is 2.32. The van der Waals surface area contributed by atoms with Crippen LogP contribution in [0.3, 0.4) is 0 Å². The average Bonchev–Trinajstić information content (AvgIpc) is 3.21. The van der Waals surface area contributed by atoms with E-state index in [0.717, 1.165) is 18.4 Å². The van der Waals surface area contributed by atoms with Gasteiger partial charge in [0.2, 0.25) is 0 Å². The Morgan fingerprint density at radius 1 is 1.45 bits per heavy atom. The highest BCUT2D eigenvalue weighted by molar-refractivity contribution is 7.07. The first-order chi connectivity index (χ1) is 10.7. The van der Waals surface area contributed by atoms with Gasteiger partial charge in [-0.25, -0.2) is 4.79 Å². The van der Waals surface area contributed by atoms with Crippen LogP contribution in [0.15, 0.2) is 35.0 Å². The minimum atomic E-state index is -0.116. The van der Waals surface area contributed by atoms with Crippen LogP contribution < -0.4 is 10.1 Å². The Balaban J connectivity index is 1.75. The molecule has 1 N–H and O–H groups in total. The zero-order valence-corrected chi connectivity index (χ0v) is 13.8. The summed E-state index contributed by atoms with van der Waals surface area (Å²) in [5, 5.41) is 7.58. The Morgan fingerprint density at radius 2 is 2.27 bits per heavy atom. The van der Waals surface area contributed by atoms with Crippen LogP contribution in [0.4, 0.5) is 10.5 Å². The molecule has 0 atom stereocenters. The number of carbonyl (C=O) groups excluding carboxylic acids is 1. The topological polar surface area (TPSA) is 41.6 Å². The SMILES string of the molecule is COc1ccc(Cl)cc1NC(=O)N(Cc1ccsc1)C1CC1. The van der Waals surface area contributed by atoms with Crippen LogP contribution >= 0.6 is 22.9 Å². The third kappa shape index (κ3) is 3.54. The second-order valence-corrected chi connectivity index (χ2v) is 6.48. The van der Waals surface area contributed by atoms with Gasteiger partial charge in [-0.3, -0.25) is 0 Å². The van der Waals surface area contributed by atoms with Gasteiger partial charge in [-0.05, 0) is 53.4 Å². The molecule has 1 aliphatic rings. The summed E-state index contributed by atoms with van der Waals surface area (Å²) in [6, 6.07) is 7.44. The first kappa shape index (κ1) is 15.2. The summed E-state index contributed by atoms with van der Waals surface area (Å²) in [4.78, 5) is 14.5. The molecule has 0 aliphatic heterocycles. The van der Waals surface area contributed by atoms with E-state index in [1.807, 2.05) is 16.3 Å². The third-order valence-electron chi connectivity index (χ3n) is 3.58. The minimum Gasteiger partial charge on any atom is -0.495 e. The van der Waals surface area contributed by atoms with E-state index in [2.05, 4.69) is 10.7 Å². The maximum atomic E-state index is 12.6. The molecule has 0 unspecified atom stereocenters. The molecule has 22 heavy (non-hydrogen) atoms. The molecule has 0 bridgehead atoms. The number of hydrogen-bond acceptors (Lipinski definition) is 3. The van der Waals surface area contributed by atoms with Crippen LogP contribution in [0.2, 0.25) is 5.02 Å². The van der Waals surface area contributed by atoms with E-state index in [1.54, 1.807) is 36.6 Å². The number of nitrogens with zero attached hydrogens (tertiary/aromatic N) is 1. The monoisotopic (exact) mass is 336 g/mol. The number of anilines is 1. The molecule has 0 spiro atoms. The van der Waals surface area contributed by atoms with Gasteiger partial charge >= 0.3 is 6.03 Å². The molecule has 1 aromatic heterocycles. The molecule has 1 aromatic carbocycles. The predicted octanol–water partition coefficient (Wildman–Crippen LogP) is 4.61. The fourth-order valence-electron chi connectivity index (χ4n) is 2.30. The van der Waals surface area contributed by atoms with Gasteiger partial charge in [0.15, 0.2) is 0 Å². The van der Waals surface area contributed by atoms with Crippen molar-refractivity contribution in [1.82, 2.24) is 4.90 Å². The summed E-state index contributed by atoms with van der Waals surface area (Å²) >= 11 is 7.65. The van der Waals surface area contributed by atoms with Gasteiger partial charge in [-0.1, -0.05) is 11.6 Å². The Labute approximate surface area is 138 Å². The second kappa shape index (κ2) is 6.58. The van der Waals surface area contributed by atoms with Crippen molar-refractivity contribution in [2.24, 2.45) is 0 Å². The number of thiophene rings is 1. The number of urea groups is 1. The molecule has 3 rings (SSSR count). The number of benzene rings is 1. The van der Waals surface area contributed by atoms with E-state index in [4.69, 9.17) is 16.3 Å². The van der Waals surface area contributed by atoms with Gasteiger partial charge in [-0.15, -0.1) is 0 Å². The van der Waals surface area contributed by atoms with Crippen molar-refractivity contribution in [3.63, 3.8) is 0 Å². The quantitative estimate of drug-likeness (QED) is 0.866. The number of nitrogens with one attached hydrogen (secondary N) is 1. The molecule has 1 fully saturated rings. The summed E-state index contributed by atoms with van der Waals surface area (Å²) < 4.78 is 5.27. The Hall–Kier alpha value is -1.72. The third-order valence-corrected chi connectivity index (χ3v) is 4.55. The number of methoxy groups -OCH3 is 1. The lowest BCUT2D eigenvalue weighted by atomic mass is 10.3. The smallest absolute Gasteiger partial charge is 0.322 e. The van der Waals surface area contributed by atoms with Crippen LogP contribution in [-0.4, -0.2) is 24.1 Å². The van der Waals surface area contributed by atoms with E-state index < -0.39 is 0 Å². The molecule has 6 heteroatoms. The minimum absolute atomic E-state index is 0.116. The Morgan fingerprint density at radius 3 is 2.91 bits per heavy atom. The van der Waals surface area contributed by atoms with Crippen molar-refractivity contribution in [3.05, 3.63) is 45.6 Å². The van der Waals surface area contributed by atoms with Gasteiger partial charge in [0.25, 0.3) is 0 Å². The summed E-state index contributed by atoms with van der Waals surface area (Å²) in [6.45, 7) is 0.628. The Bertz CT molecular complexity index is 656. The molecule has 0 saturated heterocycles. The highest BCUT2D eigenvalue weighted by Gasteiger charge is 2.33. The summed E-state index contributed by atoms with van der Waals surface area (Å²) in [5.41, 5.74) is 1.75. The standard InChI is InChI=1S/C16H17ClN2O2S/c1-21-15-5-2-12(17)8-14(15)18-16(20)19(13-3-4-13)9-11-6-7-22-10-11/h2,5-8,10,13H,3-4,9H2,1H3,(H,18,20). The lowest BCUT2D eigenvalue weighted by Gasteiger charge is -2.23. The van der Waals surface area contributed by atoms with Crippen molar-refractivity contribution in [1.29, 1.82) is 0 Å². The number of rotatable bonds is 5. The fraction of sp³-hybridized carbons (Fsp3) is 0.312. The fourth-order valence-corrected chi connectivity index (χ4v) is 3.13. The maximum absolute atomic E-state index is 12.6. The normalized spacial score (nSPS) is 13.7. The van der Waals surface area contributed by atoms with E-state index in [1.165, 1.54) is 0 Å². The first-order valence-electron chi connectivity index (χ1n) is 7.09. The zero-order valence-electron chi connectivity index (χ0n) is 12.2. The number of ether oxygens (including phenoxy) is 1. The van der Waals surface area contributed by atoms with Gasteiger partial charge in [-0.2, -0.15) is 11.3 Å². The average molecular weight is 337 g/mol. The van der Waals surface area contributed by atoms with E-state index >= 15 is 0 Å².